The number of halogens is 3. The highest BCUT2D eigenvalue weighted by Crippen LogP contribution is 2.33. The summed E-state index contributed by atoms with van der Waals surface area (Å²) in [6.45, 7) is 3.92. The number of ether oxygens (including phenoxy) is 1. The SMILES string of the molecule is COc1cc2c(cc1Nc1ncc3cnn(CC4CCCN4)c3n1)CN(C)CC2.O=C(O)C(F)(F)F. The monoisotopic (exact) mass is 507 g/mol. The molecule has 0 saturated carbocycles. The summed E-state index contributed by atoms with van der Waals surface area (Å²) in [7, 11) is 3.85. The minimum Gasteiger partial charge on any atom is -0.495 e. The van der Waals surface area contributed by atoms with Crippen molar-refractivity contribution < 1.29 is 27.8 Å². The number of rotatable bonds is 5. The molecule has 0 amide bonds. The second-order valence-corrected chi connectivity index (χ2v) is 8.83. The van der Waals surface area contributed by atoms with Crippen molar-refractivity contribution in [3.8, 4) is 5.75 Å². The molecule has 1 unspecified atom stereocenters. The predicted octanol–water partition coefficient (Wildman–Crippen LogP) is 2.95. The van der Waals surface area contributed by atoms with E-state index in [-0.39, 0.29) is 0 Å². The number of nitrogens with one attached hydrogen (secondary N) is 2. The van der Waals surface area contributed by atoms with Crippen LogP contribution in [0.4, 0.5) is 24.8 Å². The molecule has 3 aromatic rings. The molecule has 1 aromatic carbocycles. The number of carboxylic acid groups (broad SMARTS) is 1. The van der Waals surface area contributed by atoms with Gasteiger partial charge in [0.2, 0.25) is 5.95 Å². The van der Waals surface area contributed by atoms with Crippen LogP contribution >= 0.6 is 0 Å². The summed E-state index contributed by atoms with van der Waals surface area (Å²) in [5.74, 6) is -1.38. The van der Waals surface area contributed by atoms with Crippen molar-refractivity contribution in [1.82, 2.24) is 30.0 Å². The third kappa shape index (κ3) is 6.02. The van der Waals surface area contributed by atoms with E-state index in [1.807, 2.05) is 17.1 Å². The van der Waals surface area contributed by atoms with Crippen molar-refractivity contribution in [3.05, 3.63) is 35.7 Å². The summed E-state index contributed by atoms with van der Waals surface area (Å²) in [6, 6.07) is 4.76. The van der Waals surface area contributed by atoms with Gasteiger partial charge in [0, 0.05) is 25.3 Å². The van der Waals surface area contributed by atoms with Crippen LogP contribution < -0.4 is 15.4 Å². The van der Waals surface area contributed by atoms with Crippen LogP contribution in [0, 0.1) is 0 Å². The lowest BCUT2D eigenvalue weighted by Gasteiger charge is -2.26. The standard InChI is InChI=1S/C21H27N7O.C2HF3O2/c1-27-7-5-14-9-19(29-2)18(8-15(14)12-27)25-21-23-10-16-11-24-28(20(16)26-21)13-17-4-3-6-22-17;3-2(4,5)1(6)7/h8-11,17,22H,3-7,12-13H2,1-2H3,(H,23,25,26);(H,6,7). The van der Waals surface area contributed by atoms with Crippen molar-refractivity contribution in [2.24, 2.45) is 0 Å². The summed E-state index contributed by atoms with van der Waals surface area (Å²) in [5.41, 5.74) is 4.42. The second kappa shape index (κ2) is 10.7. The second-order valence-electron chi connectivity index (χ2n) is 8.83. The fraction of sp³-hybridized carbons (Fsp3) is 0.478. The summed E-state index contributed by atoms with van der Waals surface area (Å²) in [5, 5.41) is 19.5. The van der Waals surface area contributed by atoms with Gasteiger partial charge in [-0.15, -0.1) is 0 Å². The van der Waals surface area contributed by atoms with Gasteiger partial charge in [-0.1, -0.05) is 0 Å². The zero-order valence-electron chi connectivity index (χ0n) is 20.0. The fourth-order valence-corrected chi connectivity index (χ4v) is 4.30. The van der Waals surface area contributed by atoms with Crippen LogP contribution in [0.3, 0.4) is 0 Å². The maximum absolute atomic E-state index is 10.6. The van der Waals surface area contributed by atoms with E-state index in [2.05, 4.69) is 44.8 Å². The summed E-state index contributed by atoms with van der Waals surface area (Å²) >= 11 is 0. The number of nitrogens with zero attached hydrogens (tertiary/aromatic N) is 5. The number of aliphatic carboxylic acids is 1. The van der Waals surface area contributed by atoms with E-state index >= 15 is 0 Å². The molecule has 1 atom stereocenters. The Morgan fingerprint density at radius 2 is 2.08 bits per heavy atom. The third-order valence-corrected chi connectivity index (χ3v) is 6.15. The van der Waals surface area contributed by atoms with Gasteiger partial charge in [-0.25, -0.2) is 14.5 Å². The molecule has 0 bridgehead atoms. The van der Waals surface area contributed by atoms with E-state index < -0.39 is 12.1 Å². The molecule has 2 aliphatic rings. The lowest BCUT2D eigenvalue weighted by molar-refractivity contribution is -0.192. The Hall–Kier alpha value is -3.45. The lowest BCUT2D eigenvalue weighted by Crippen LogP contribution is -2.27. The van der Waals surface area contributed by atoms with Crippen LogP contribution in [-0.4, -0.2) is 75.2 Å². The maximum Gasteiger partial charge on any atom is 0.490 e. The largest absolute Gasteiger partial charge is 0.495 e. The van der Waals surface area contributed by atoms with E-state index in [1.165, 1.54) is 24.0 Å². The number of carbonyl (C=O) groups is 1. The van der Waals surface area contributed by atoms with Gasteiger partial charge in [0.05, 0.1) is 30.9 Å². The van der Waals surface area contributed by atoms with Crippen LogP contribution in [0.5, 0.6) is 5.75 Å². The minimum absolute atomic E-state index is 0.460. The van der Waals surface area contributed by atoms with E-state index in [0.717, 1.165) is 55.1 Å². The van der Waals surface area contributed by atoms with Crippen molar-refractivity contribution in [3.63, 3.8) is 0 Å². The molecule has 1 fully saturated rings. The molecule has 3 N–H and O–H groups in total. The topological polar surface area (TPSA) is 117 Å². The van der Waals surface area contributed by atoms with Gasteiger partial charge in [0.25, 0.3) is 0 Å². The van der Waals surface area contributed by atoms with Gasteiger partial charge in [0.1, 0.15) is 5.75 Å². The summed E-state index contributed by atoms with van der Waals surface area (Å²) < 4.78 is 39.4. The maximum atomic E-state index is 10.6. The minimum atomic E-state index is -5.08. The Labute approximate surface area is 205 Å². The van der Waals surface area contributed by atoms with Crippen LogP contribution in [0.15, 0.2) is 24.5 Å². The summed E-state index contributed by atoms with van der Waals surface area (Å²) in [6.07, 6.45) is 2.02. The molecule has 1 saturated heterocycles. The zero-order valence-corrected chi connectivity index (χ0v) is 20.0. The Balaban J connectivity index is 0.000000384. The molecule has 36 heavy (non-hydrogen) atoms. The Bertz CT molecular complexity index is 1230. The smallest absolute Gasteiger partial charge is 0.490 e. The highest BCUT2D eigenvalue weighted by molar-refractivity contribution is 5.76. The molecule has 2 aromatic heterocycles. The first-order valence-corrected chi connectivity index (χ1v) is 11.5. The number of anilines is 2. The molecule has 194 valence electrons. The molecule has 2 aliphatic heterocycles. The number of likely N-dealkylation sites (N-methyl/N-ethyl adjacent to an activating group) is 1. The number of aromatic nitrogens is 4. The number of alkyl halides is 3. The molecule has 4 heterocycles. The first kappa shape index (κ1) is 25.6. The number of hydrogen-bond donors (Lipinski definition) is 3. The van der Waals surface area contributed by atoms with Crippen LogP contribution in [0.25, 0.3) is 11.0 Å². The van der Waals surface area contributed by atoms with Crippen molar-refractivity contribution >= 4 is 28.6 Å². The van der Waals surface area contributed by atoms with Gasteiger partial charge >= 0.3 is 12.1 Å². The van der Waals surface area contributed by atoms with Gasteiger partial charge in [-0.3, -0.25) is 0 Å². The van der Waals surface area contributed by atoms with E-state index in [0.29, 0.717) is 12.0 Å². The van der Waals surface area contributed by atoms with E-state index in [1.54, 1.807) is 7.11 Å². The van der Waals surface area contributed by atoms with Gasteiger partial charge in [-0.2, -0.15) is 23.3 Å². The first-order chi connectivity index (χ1) is 17.1. The molecule has 0 radical (unpaired) electrons. The number of benzene rings is 1. The van der Waals surface area contributed by atoms with Crippen molar-refractivity contribution in [2.75, 3.05) is 32.6 Å². The van der Waals surface area contributed by atoms with Crippen LogP contribution in [0.2, 0.25) is 0 Å². The van der Waals surface area contributed by atoms with Crippen LogP contribution in [-0.2, 0) is 24.3 Å². The zero-order chi connectivity index (χ0) is 25.9. The third-order valence-electron chi connectivity index (χ3n) is 6.15. The Morgan fingerprint density at radius 1 is 1.31 bits per heavy atom. The molecule has 0 aliphatic carbocycles. The Morgan fingerprint density at radius 3 is 2.75 bits per heavy atom. The fourth-order valence-electron chi connectivity index (χ4n) is 4.30. The Kier molecular flexibility index (Phi) is 7.59. The number of fused-ring (bicyclic) bond motifs is 2. The number of methoxy groups -OCH3 is 1. The lowest BCUT2D eigenvalue weighted by atomic mass is 9.99. The van der Waals surface area contributed by atoms with Crippen molar-refractivity contribution in [2.45, 2.75) is 44.6 Å². The normalized spacial score (nSPS) is 17.9. The molecule has 10 nitrogen and oxygen atoms in total. The highest BCUT2D eigenvalue weighted by atomic mass is 19.4. The quantitative estimate of drug-likeness (QED) is 0.479. The molecular formula is C23H28F3N7O3. The summed E-state index contributed by atoms with van der Waals surface area (Å²) in [4.78, 5) is 20.5. The average molecular weight is 508 g/mol. The van der Waals surface area contributed by atoms with Crippen molar-refractivity contribution in [1.29, 1.82) is 0 Å². The van der Waals surface area contributed by atoms with Gasteiger partial charge in [-0.05, 0) is 56.1 Å². The number of carboxylic acids is 1. The molecule has 0 spiro atoms. The van der Waals surface area contributed by atoms with Gasteiger partial charge < -0.3 is 25.4 Å². The highest BCUT2D eigenvalue weighted by Gasteiger charge is 2.38. The first-order valence-electron chi connectivity index (χ1n) is 11.5. The average Bonchev–Trinajstić information content (AvgIpc) is 3.49. The predicted molar refractivity (Wildman–Crippen MR) is 126 cm³/mol. The number of hydrogen-bond acceptors (Lipinski definition) is 8. The van der Waals surface area contributed by atoms with Crippen LogP contribution in [0.1, 0.15) is 24.0 Å². The van der Waals surface area contributed by atoms with Gasteiger partial charge in [0.15, 0.2) is 5.65 Å². The van der Waals surface area contributed by atoms with E-state index in [9.17, 15) is 13.2 Å². The van der Waals surface area contributed by atoms with E-state index in [4.69, 9.17) is 19.6 Å². The molecular weight excluding hydrogens is 479 g/mol. The molecule has 5 rings (SSSR count). The molecule has 13 heteroatoms.